The van der Waals surface area contributed by atoms with E-state index in [4.69, 9.17) is 5.73 Å². The first-order valence-electron chi connectivity index (χ1n) is 5.44. The molecule has 0 aliphatic rings. The summed E-state index contributed by atoms with van der Waals surface area (Å²) in [5.41, 5.74) is 7.12. The number of hydrogen-bond donors (Lipinski definition) is 1. The third kappa shape index (κ3) is 3.56. The molecule has 0 radical (unpaired) electrons. The number of anilines is 1. The zero-order chi connectivity index (χ0) is 13.0. The Bertz CT molecular complexity index is 446. The summed E-state index contributed by atoms with van der Waals surface area (Å²) in [4.78, 5) is 13.9. The molecule has 0 aliphatic carbocycles. The predicted octanol–water partition coefficient (Wildman–Crippen LogP) is 1.16. The predicted molar refractivity (Wildman–Crippen MR) is 70.2 cm³/mol. The molecule has 0 aromatic heterocycles. The van der Waals surface area contributed by atoms with Gasteiger partial charge in [0.15, 0.2) is 0 Å². The standard InChI is InChI=1S/C12H18N2O2S/c1-4-14(3)12(15)8-17(16)11-6-5-10(13)7-9(11)2/h5-7H,4,8,13H2,1-3H3. The number of nitrogens with two attached hydrogens (primary N) is 1. The topological polar surface area (TPSA) is 63.4 Å². The summed E-state index contributed by atoms with van der Waals surface area (Å²) < 4.78 is 12.0. The normalized spacial score (nSPS) is 12.2. The van der Waals surface area contributed by atoms with E-state index in [0.717, 1.165) is 5.56 Å². The Morgan fingerprint density at radius 2 is 2.12 bits per heavy atom. The number of amides is 1. The summed E-state index contributed by atoms with van der Waals surface area (Å²) in [7, 11) is 0.401. The van der Waals surface area contributed by atoms with Crippen molar-refractivity contribution in [3.63, 3.8) is 0 Å². The minimum absolute atomic E-state index is 0.0229. The van der Waals surface area contributed by atoms with Crippen LogP contribution in [-0.2, 0) is 15.6 Å². The van der Waals surface area contributed by atoms with E-state index in [1.165, 1.54) is 0 Å². The number of carbonyl (C=O) groups is 1. The second kappa shape index (κ2) is 5.82. The third-order valence-corrected chi connectivity index (χ3v) is 4.06. The Morgan fingerprint density at radius 3 is 2.65 bits per heavy atom. The van der Waals surface area contributed by atoms with Crippen molar-refractivity contribution in [3.8, 4) is 0 Å². The molecule has 4 nitrogen and oxygen atoms in total. The maximum atomic E-state index is 12.0. The van der Waals surface area contributed by atoms with Gasteiger partial charge in [0.05, 0.1) is 10.8 Å². The van der Waals surface area contributed by atoms with E-state index < -0.39 is 10.8 Å². The molecule has 94 valence electrons. The highest BCUT2D eigenvalue weighted by molar-refractivity contribution is 7.85. The maximum Gasteiger partial charge on any atom is 0.235 e. The van der Waals surface area contributed by atoms with Crippen molar-refractivity contribution in [1.82, 2.24) is 4.90 Å². The molecule has 1 atom stereocenters. The zero-order valence-electron chi connectivity index (χ0n) is 10.4. The van der Waals surface area contributed by atoms with E-state index in [9.17, 15) is 9.00 Å². The number of nitrogen functional groups attached to an aromatic ring is 1. The molecule has 0 saturated heterocycles. The lowest BCUT2D eigenvalue weighted by Gasteiger charge is -2.14. The minimum Gasteiger partial charge on any atom is -0.399 e. The van der Waals surface area contributed by atoms with E-state index in [2.05, 4.69) is 0 Å². The van der Waals surface area contributed by atoms with Crippen LogP contribution in [0.3, 0.4) is 0 Å². The average Bonchev–Trinajstić information content (AvgIpc) is 2.27. The van der Waals surface area contributed by atoms with Crippen molar-refractivity contribution < 1.29 is 9.00 Å². The van der Waals surface area contributed by atoms with Crippen LogP contribution >= 0.6 is 0 Å². The molecule has 0 bridgehead atoms. The fourth-order valence-electron chi connectivity index (χ4n) is 1.40. The van der Waals surface area contributed by atoms with E-state index in [0.29, 0.717) is 17.1 Å². The number of aryl methyl sites for hydroxylation is 1. The fourth-order valence-corrected chi connectivity index (χ4v) is 2.64. The molecule has 1 aromatic rings. The van der Waals surface area contributed by atoms with Crippen LogP contribution in [0.1, 0.15) is 12.5 Å². The lowest BCUT2D eigenvalue weighted by Crippen LogP contribution is -2.30. The van der Waals surface area contributed by atoms with Crippen molar-refractivity contribution in [1.29, 1.82) is 0 Å². The van der Waals surface area contributed by atoms with Crippen molar-refractivity contribution in [2.75, 3.05) is 25.1 Å². The van der Waals surface area contributed by atoms with Crippen LogP contribution in [0.4, 0.5) is 5.69 Å². The van der Waals surface area contributed by atoms with Gasteiger partial charge in [-0.25, -0.2) is 0 Å². The van der Waals surface area contributed by atoms with Crippen LogP contribution in [-0.4, -0.2) is 34.4 Å². The van der Waals surface area contributed by atoms with Gasteiger partial charge in [-0.15, -0.1) is 0 Å². The summed E-state index contributed by atoms with van der Waals surface area (Å²) in [6.45, 7) is 4.35. The molecule has 0 fully saturated rings. The zero-order valence-corrected chi connectivity index (χ0v) is 11.2. The van der Waals surface area contributed by atoms with Crippen LogP contribution in [0.25, 0.3) is 0 Å². The van der Waals surface area contributed by atoms with Gasteiger partial charge in [0.2, 0.25) is 5.91 Å². The van der Waals surface area contributed by atoms with Gasteiger partial charge in [-0.05, 0) is 37.6 Å². The molecule has 17 heavy (non-hydrogen) atoms. The first-order valence-corrected chi connectivity index (χ1v) is 6.76. The van der Waals surface area contributed by atoms with Gasteiger partial charge in [0.25, 0.3) is 0 Å². The summed E-state index contributed by atoms with van der Waals surface area (Å²) in [5.74, 6) is -0.0863. The Labute approximate surface area is 104 Å². The van der Waals surface area contributed by atoms with Crippen LogP contribution in [0, 0.1) is 6.92 Å². The molecule has 1 rings (SSSR count). The molecule has 0 saturated carbocycles. The molecule has 0 spiro atoms. The lowest BCUT2D eigenvalue weighted by atomic mass is 10.2. The molecular formula is C12H18N2O2S. The van der Waals surface area contributed by atoms with Crippen molar-refractivity contribution in [3.05, 3.63) is 23.8 Å². The van der Waals surface area contributed by atoms with Gasteiger partial charge in [-0.1, -0.05) is 0 Å². The van der Waals surface area contributed by atoms with Crippen LogP contribution in [0.5, 0.6) is 0 Å². The average molecular weight is 254 g/mol. The van der Waals surface area contributed by atoms with Crippen molar-refractivity contribution in [2.45, 2.75) is 18.7 Å². The number of nitrogens with zero attached hydrogens (tertiary/aromatic N) is 1. The third-order valence-electron chi connectivity index (χ3n) is 2.60. The summed E-state index contributed by atoms with van der Waals surface area (Å²) in [6.07, 6.45) is 0. The second-order valence-electron chi connectivity index (χ2n) is 3.92. The lowest BCUT2D eigenvalue weighted by molar-refractivity contribution is -0.126. The van der Waals surface area contributed by atoms with E-state index >= 15 is 0 Å². The minimum atomic E-state index is -1.30. The van der Waals surface area contributed by atoms with E-state index in [-0.39, 0.29) is 11.7 Å². The first-order chi connectivity index (χ1) is 7.95. The second-order valence-corrected chi connectivity index (χ2v) is 5.34. The van der Waals surface area contributed by atoms with Crippen LogP contribution in [0.2, 0.25) is 0 Å². The number of benzene rings is 1. The highest BCUT2D eigenvalue weighted by atomic mass is 32.2. The van der Waals surface area contributed by atoms with Crippen LogP contribution < -0.4 is 5.73 Å². The molecule has 2 N–H and O–H groups in total. The summed E-state index contributed by atoms with van der Waals surface area (Å²) in [5, 5.41) is 0. The van der Waals surface area contributed by atoms with Gasteiger partial charge in [-0.3, -0.25) is 9.00 Å². The summed E-state index contributed by atoms with van der Waals surface area (Å²) >= 11 is 0. The van der Waals surface area contributed by atoms with E-state index in [1.807, 2.05) is 13.8 Å². The first kappa shape index (κ1) is 13.7. The smallest absolute Gasteiger partial charge is 0.235 e. The highest BCUT2D eigenvalue weighted by Gasteiger charge is 2.14. The number of rotatable bonds is 4. The van der Waals surface area contributed by atoms with Gasteiger partial charge in [0.1, 0.15) is 5.75 Å². The Kier molecular flexibility index (Phi) is 4.69. The monoisotopic (exact) mass is 254 g/mol. The molecule has 1 aromatic carbocycles. The molecule has 5 heteroatoms. The van der Waals surface area contributed by atoms with Gasteiger partial charge in [-0.2, -0.15) is 0 Å². The maximum absolute atomic E-state index is 12.0. The quantitative estimate of drug-likeness (QED) is 0.820. The molecule has 1 amide bonds. The number of carbonyl (C=O) groups excluding carboxylic acids is 1. The Hall–Kier alpha value is -1.36. The van der Waals surface area contributed by atoms with Gasteiger partial charge < -0.3 is 10.6 Å². The van der Waals surface area contributed by atoms with Crippen LogP contribution in [0.15, 0.2) is 23.1 Å². The molecular weight excluding hydrogens is 236 g/mol. The van der Waals surface area contributed by atoms with Crippen molar-refractivity contribution in [2.24, 2.45) is 0 Å². The Morgan fingerprint density at radius 1 is 1.47 bits per heavy atom. The SMILES string of the molecule is CCN(C)C(=O)CS(=O)c1ccc(N)cc1C. The fraction of sp³-hybridized carbons (Fsp3) is 0.417. The largest absolute Gasteiger partial charge is 0.399 e. The molecule has 0 heterocycles. The Balaban J connectivity index is 2.80. The van der Waals surface area contributed by atoms with E-state index in [1.54, 1.807) is 30.1 Å². The van der Waals surface area contributed by atoms with Gasteiger partial charge >= 0.3 is 0 Å². The molecule has 0 aliphatic heterocycles. The number of hydrogen-bond acceptors (Lipinski definition) is 3. The molecule has 1 unspecified atom stereocenters. The van der Waals surface area contributed by atoms with Gasteiger partial charge in [0, 0.05) is 24.2 Å². The van der Waals surface area contributed by atoms with Crippen molar-refractivity contribution >= 4 is 22.4 Å². The highest BCUT2D eigenvalue weighted by Crippen LogP contribution is 2.16. The summed E-state index contributed by atoms with van der Waals surface area (Å²) in [6, 6.07) is 5.19.